The second-order valence-electron chi connectivity index (χ2n) is 4.02. The van der Waals surface area contributed by atoms with Gasteiger partial charge in [0.15, 0.2) is 0 Å². The van der Waals surface area contributed by atoms with E-state index in [2.05, 4.69) is 21.3 Å². The van der Waals surface area contributed by atoms with Gasteiger partial charge in [-0.1, -0.05) is 0 Å². The van der Waals surface area contributed by atoms with Gasteiger partial charge in [-0.05, 0) is 29.5 Å². The van der Waals surface area contributed by atoms with Crippen LogP contribution in [0.1, 0.15) is 10.4 Å². The van der Waals surface area contributed by atoms with Crippen LogP contribution < -0.4 is 10.6 Å². The maximum Gasteiger partial charge on any atom is 0.0576 e. The van der Waals surface area contributed by atoms with Crippen molar-refractivity contribution in [3.63, 3.8) is 0 Å². The Bertz CT molecular complexity index is 506. The number of rotatable bonds is 1. The number of nitrogen functional groups attached to an aromatic ring is 1. The van der Waals surface area contributed by atoms with Crippen LogP contribution in [0.2, 0.25) is 0 Å². The molecular formula is C12H13N3S. The molecule has 0 bridgehead atoms. The van der Waals surface area contributed by atoms with E-state index in [4.69, 9.17) is 5.73 Å². The van der Waals surface area contributed by atoms with Gasteiger partial charge < -0.3 is 10.6 Å². The van der Waals surface area contributed by atoms with Crippen LogP contribution in [0.25, 0.3) is 0 Å². The van der Waals surface area contributed by atoms with Gasteiger partial charge in [-0.15, -0.1) is 11.3 Å². The zero-order chi connectivity index (χ0) is 11.0. The van der Waals surface area contributed by atoms with Gasteiger partial charge in [-0.25, -0.2) is 0 Å². The molecule has 0 aromatic carbocycles. The Hall–Kier alpha value is -1.55. The molecule has 3 rings (SSSR count). The lowest BCUT2D eigenvalue weighted by molar-refractivity contribution is 0.742. The van der Waals surface area contributed by atoms with Crippen molar-refractivity contribution in [2.24, 2.45) is 0 Å². The molecule has 16 heavy (non-hydrogen) atoms. The van der Waals surface area contributed by atoms with Gasteiger partial charge in [-0.3, -0.25) is 4.98 Å². The van der Waals surface area contributed by atoms with Gasteiger partial charge >= 0.3 is 0 Å². The minimum atomic E-state index is 0.730. The molecule has 0 amide bonds. The summed E-state index contributed by atoms with van der Waals surface area (Å²) in [6.45, 7) is 2.03. The first-order valence-corrected chi connectivity index (χ1v) is 6.21. The second-order valence-corrected chi connectivity index (χ2v) is 5.02. The Kier molecular flexibility index (Phi) is 2.29. The zero-order valence-corrected chi connectivity index (χ0v) is 9.70. The van der Waals surface area contributed by atoms with Crippen molar-refractivity contribution in [2.45, 2.75) is 13.0 Å². The number of hydrogen-bond donors (Lipinski definition) is 1. The van der Waals surface area contributed by atoms with Crippen LogP contribution in [0.4, 0.5) is 11.4 Å². The number of aromatic nitrogens is 1. The minimum absolute atomic E-state index is 0.730. The van der Waals surface area contributed by atoms with Crippen LogP contribution in [0.3, 0.4) is 0 Å². The number of hydrogen-bond acceptors (Lipinski definition) is 4. The Morgan fingerprint density at radius 3 is 3.19 bits per heavy atom. The van der Waals surface area contributed by atoms with Crippen molar-refractivity contribution >= 4 is 22.7 Å². The summed E-state index contributed by atoms with van der Waals surface area (Å²) in [6.07, 6.45) is 4.69. The van der Waals surface area contributed by atoms with Gasteiger partial charge in [0.05, 0.1) is 17.6 Å². The first kappa shape index (κ1) is 9.66. The first-order chi connectivity index (χ1) is 7.83. The first-order valence-electron chi connectivity index (χ1n) is 5.33. The molecule has 0 unspecified atom stereocenters. The molecular weight excluding hydrogens is 218 g/mol. The third-order valence-corrected chi connectivity index (χ3v) is 3.94. The van der Waals surface area contributed by atoms with Crippen LogP contribution in [0.5, 0.6) is 0 Å². The van der Waals surface area contributed by atoms with Crippen molar-refractivity contribution in [3.8, 4) is 0 Å². The van der Waals surface area contributed by atoms with E-state index in [1.807, 2.05) is 23.6 Å². The maximum atomic E-state index is 5.75. The number of fused-ring (bicyclic) bond motifs is 1. The van der Waals surface area contributed by atoms with Gasteiger partial charge in [0.1, 0.15) is 0 Å². The van der Waals surface area contributed by atoms with Crippen LogP contribution in [0, 0.1) is 0 Å². The topological polar surface area (TPSA) is 42.1 Å². The third kappa shape index (κ3) is 1.65. The standard InChI is InChI=1S/C12H13N3S/c13-10-5-11(7-14-6-10)15-3-1-12-9(8-15)2-4-16-12/h2,4-7H,1,3,8,13H2. The Labute approximate surface area is 98.5 Å². The average Bonchev–Trinajstić information content (AvgIpc) is 2.75. The van der Waals surface area contributed by atoms with Crippen molar-refractivity contribution in [1.29, 1.82) is 0 Å². The van der Waals surface area contributed by atoms with E-state index >= 15 is 0 Å². The SMILES string of the molecule is Nc1cncc(N2CCc3sccc3C2)c1. The summed E-state index contributed by atoms with van der Waals surface area (Å²) in [4.78, 5) is 7.99. The van der Waals surface area contributed by atoms with E-state index < -0.39 is 0 Å². The predicted molar refractivity (Wildman–Crippen MR) is 67.7 cm³/mol. The quantitative estimate of drug-likeness (QED) is 0.818. The molecule has 2 aromatic heterocycles. The zero-order valence-electron chi connectivity index (χ0n) is 8.89. The van der Waals surface area contributed by atoms with Gasteiger partial charge in [-0.2, -0.15) is 0 Å². The Balaban J connectivity index is 1.88. The fourth-order valence-corrected chi connectivity index (χ4v) is 2.98. The van der Waals surface area contributed by atoms with Gasteiger partial charge in [0.25, 0.3) is 0 Å². The molecule has 0 saturated heterocycles. The lowest BCUT2D eigenvalue weighted by Gasteiger charge is -2.28. The molecule has 1 aliphatic rings. The van der Waals surface area contributed by atoms with E-state index in [0.29, 0.717) is 0 Å². The Morgan fingerprint density at radius 2 is 2.31 bits per heavy atom. The molecule has 0 fully saturated rings. The maximum absolute atomic E-state index is 5.75. The molecule has 2 N–H and O–H groups in total. The number of pyridine rings is 1. The summed E-state index contributed by atoms with van der Waals surface area (Å²) in [7, 11) is 0. The summed E-state index contributed by atoms with van der Waals surface area (Å²) in [5.74, 6) is 0. The molecule has 1 aliphatic heterocycles. The van der Waals surface area contributed by atoms with Gasteiger partial charge in [0, 0.05) is 24.2 Å². The highest BCUT2D eigenvalue weighted by Gasteiger charge is 2.17. The van der Waals surface area contributed by atoms with Crippen LogP contribution in [-0.4, -0.2) is 11.5 Å². The summed E-state index contributed by atoms with van der Waals surface area (Å²) in [5.41, 5.74) is 9.05. The molecule has 0 saturated carbocycles. The largest absolute Gasteiger partial charge is 0.397 e. The molecule has 0 radical (unpaired) electrons. The summed E-state index contributed by atoms with van der Waals surface area (Å²) < 4.78 is 0. The number of anilines is 2. The second kappa shape index (κ2) is 3.79. The molecule has 3 heterocycles. The van der Waals surface area contributed by atoms with Crippen molar-refractivity contribution < 1.29 is 0 Å². The summed E-state index contributed by atoms with van der Waals surface area (Å²) in [5, 5.41) is 2.17. The number of nitrogens with two attached hydrogens (primary N) is 1. The van der Waals surface area contributed by atoms with Crippen LogP contribution >= 0.6 is 11.3 Å². The summed E-state index contributed by atoms with van der Waals surface area (Å²) >= 11 is 1.86. The highest BCUT2D eigenvalue weighted by molar-refractivity contribution is 7.10. The Morgan fingerprint density at radius 1 is 1.38 bits per heavy atom. The summed E-state index contributed by atoms with van der Waals surface area (Å²) in [6, 6.07) is 4.20. The van der Waals surface area contributed by atoms with E-state index in [1.165, 1.54) is 10.4 Å². The average molecular weight is 231 g/mol. The fourth-order valence-electron chi connectivity index (χ4n) is 2.09. The molecule has 0 aliphatic carbocycles. The fraction of sp³-hybridized carbons (Fsp3) is 0.250. The molecule has 3 nitrogen and oxygen atoms in total. The van der Waals surface area contributed by atoms with Crippen molar-refractivity contribution in [1.82, 2.24) is 4.98 Å². The van der Waals surface area contributed by atoms with Crippen molar-refractivity contribution in [2.75, 3.05) is 17.2 Å². The molecule has 0 atom stereocenters. The smallest absolute Gasteiger partial charge is 0.0576 e. The lowest BCUT2D eigenvalue weighted by atomic mass is 10.1. The molecule has 0 spiro atoms. The van der Waals surface area contributed by atoms with E-state index in [1.54, 1.807) is 6.20 Å². The third-order valence-electron chi connectivity index (χ3n) is 2.92. The highest BCUT2D eigenvalue weighted by Crippen LogP contribution is 2.27. The van der Waals surface area contributed by atoms with E-state index in [0.717, 1.165) is 30.9 Å². The highest BCUT2D eigenvalue weighted by atomic mass is 32.1. The van der Waals surface area contributed by atoms with Crippen molar-refractivity contribution in [3.05, 3.63) is 40.3 Å². The molecule has 4 heteroatoms. The number of thiophene rings is 1. The minimum Gasteiger partial charge on any atom is -0.397 e. The number of nitrogens with zero attached hydrogens (tertiary/aromatic N) is 2. The van der Waals surface area contributed by atoms with Gasteiger partial charge in [0.2, 0.25) is 0 Å². The van der Waals surface area contributed by atoms with E-state index in [-0.39, 0.29) is 0 Å². The van der Waals surface area contributed by atoms with E-state index in [9.17, 15) is 0 Å². The van der Waals surface area contributed by atoms with Crippen LogP contribution in [-0.2, 0) is 13.0 Å². The lowest BCUT2D eigenvalue weighted by Crippen LogP contribution is -2.29. The monoisotopic (exact) mass is 231 g/mol. The molecule has 2 aromatic rings. The predicted octanol–water partition coefficient (Wildman–Crippen LogP) is 2.29. The van der Waals surface area contributed by atoms with Crippen LogP contribution in [0.15, 0.2) is 29.9 Å². The normalized spacial score (nSPS) is 14.9. The molecule has 82 valence electrons.